The SMILES string of the molecule is C1=NN=CC1.CC.CC(C)=N. The van der Waals surface area contributed by atoms with E-state index in [-0.39, 0.29) is 0 Å². The molecule has 3 nitrogen and oxygen atoms in total. The van der Waals surface area contributed by atoms with Crippen molar-refractivity contribution >= 4 is 18.1 Å². The van der Waals surface area contributed by atoms with E-state index >= 15 is 0 Å². The highest BCUT2D eigenvalue weighted by Gasteiger charge is 1.75. The number of hydrogen-bond acceptors (Lipinski definition) is 3. The largest absolute Gasteiger partial charge is 0.310 e. The van der Waals surface area contributed by atoms with E-state index in [0.29, 0.717) is 5.71 Å². The number of rotatable bonds is 0. The van der Waals surface area contributed by atoms with Crippen LogP contribution in [0.3, 0.4) is 0 Å². The predicted octanol–water partition coefficient (Wildman–Crippen LogP) is 2.52. The summed E-state index contributed by atoms with van der Waals surface area (Å²) in [6.07, 6.45) is 4.44. The van der Waals surface area contributed by atoms with Gasteiger partial charge in [0.05, 0.1) is 0 Å². The molecule has 0 aromatic carbocycles. The van der Waals surface area contributed by atoms with Crippen LogP contribution in [0.25, 0.3) is 0 Å². The van der Waals surface area contributed by atoms with Crippen LogP contribution in [0.5, 0.6) is 0 Å². The van der Waals surface area contributed by atoms with Crippen molar-refractivity contribution in [1.82, 2.24) is 0 Å². The van der Waals surface area contributed by atoms with Gasteiger partial charge in [0.25, 0.3) is 0 Å². The normalized spacial score (nSPS) is 10.9. The van der Waals surface area contributed by atoms with Gasteiger partial charge in [-0.3, -0.25) is 0 Å². The third-order valence-corrected chi connectivity index (χ3v) is 0.441. The highest BCUT2D eigenvalue weighted by molar-refractivity contribution is 5.82. The van der Waals surface area contributed by atoms with Gasteiger partial charge in [-0.05, 0) is 13.8 Å². The smallest absolute Gasteiger partial charge is 0.0324 e. The predicted molar refractivity (Wildman–Crippen MR) is 52.0 cm³/mol. The fraction of sp³-hybridized carbons (Fsp3) is 0.625. The maximum absolute atomic E-state index is 6.50. The lowest BCUT2D eigenvalue weighted by Crippen LogP contribution is -1.67. The average Bonchev–Trinajstić information content (AvgIpc) is 2.44. The summed E-state index contributed by atoms with van der Waals surface area (Å²) in [6, 6.07) is 0. The van der Waals surface area contributed by atoms with E-state index in [4.69, 9.17) is 5.41 Å². The Morgan fingerprint density at radius 3 is 1.55 bits per heavy atom. The summed E-state index contributed by atoms with van der Waals surface area (Å²) in [7, 11) is 0. The molecule has 0 radical (unpaired) electrons. The van der Waals surface area contributed by atoms with Gasteiger partial charge in [-0.1, -0.05) is 13.8 Å². The molecule has 0 atom stereocenters. The maximum Gasteiger partial charge on any atom is 0.0324 e. The van der Waals surface area contributed by atoms with Crippen molar-refractivity contribution in [2.24, 2.45) is 10.2 Å². The second-order valence-corrected chi connectivity index (χ2v) is 1.83. The van der Waals surface area contributed by atoms with Crippen LogP contribution >= 0.6 is 0 Å². The van der Waals surface area contributed by atoms with E-state index < -0.39 is 0 Å². The number of nitrogens with zero attached hydrogens (tertiary/aromatic N) is 2. The third-order valence-electron chi connectivity index (χ3n) is 0.441. The van der Waals surface area contributed by atoms with Gasteiger partial charge in [0.1, 0.15) is 0 Å². The first kappa shape index (κ1) is 12.7. The van der Waals surface area contributed by atoms with Gasteiger partial charge in [0, 0.05) is 24.6 Å². The quantitative estimate of drug-likeness (QED) is 0.522. The van der Waals surface area contributed by atoms with Crippen LogP contribution in [0.15, 0.2) is 10.2 Å². The van der Waals surface area contributed by atoms with Crippen LogP contribution in [-0.4, -0.2) is 18.1 Å². The van der Waals surface area contributed by atoms with E-state index in [1.165, 1.54) is 0 Å². The topological polar surface area (TPSA) is 48.6 Å². The third kappa shape index (κ3) is 27.5. The van der Waals surface area contributed by atoms with Crippen LogP contribution in [0, 0.1) is 5.41 Å². The number of hydrogen-bond donors (Lipinski definition) is 1. The molecule has 1 rings (SSSR count). The Balaban J connectivity index is 0. The van der Waals surface area contributed by atoms with Crippen LogP contribution in [0.2, 0.25) is 0 Å². The van der Waals surface area contributed by atoms with E-state index in [9.17, 15) is 0 Å². The van der Waals surface area contributed by atoms with Crippen molar-refractivity contribution in [3.05, 3.63) is 0 Å². The molecule has 0 aromatic rings. The molecule has 0 aliphatic carbocycles. The van der Waals surface area contributed by atoms with E-state index in [2.05, 4.69) is 10.2 Å². The molecular formula is C8H17N3. The summed E-state index contributed by atoms with van der Waals surface area (Å²) in [5, 5.41) is 13.6. The molecule has 1 aliphatic heterocycles. The zero-order valence-electron chi connectivity index (χ0n) is 7.76. The van der Waals surface area contributed by atoms with Crippen molar-refractivity contribution in [2.45, 2.75) is 34.1 Å². The Bertz CT molecular complexity index is 122. The van der Waals surface area contributed by atoms with Gasteiger partial charge in [-0.15, -0.1) is 0 Å². The van der Waals surface area contributed by atoms with Crippen molar-refractivity contribution in [2.75, 3.05) is 0 Å². The van der Waals surface area contributed by atoms with E-state index in [1.807, 2.05) is 13.8 Å². The van der Waals surface area contributed by atoms with Gasteiger partial charge >= 0.3 is 0 Å². The molecule has 0 fully saturated rings. The Morgan fingerprint density at radius 2 is 1.45 bits per heavy atom. The van der Waals surface area contributed by atoms with Gasteiger partial charge in [-0.2, -0.15) is 10.2 Å². The second kappa shape index (κ2) is 11.8. The molecular weight excluding hydrogens is 138 g/mol. The zero-order chi connectivity index (χ0) is 9.11. The summed E-state index contributed by atoms with van der Waals surface area (Å²) in [4.78, 5) is 0. The monoisotopic (exact) mass is 155 g/mol. The molecule has 1 N–H and O–H groups in total. The Hall–Kier alpha value is -0.990. The molecule has 0 unspecified atom stereocenters. The second-order valence-electron chi connectivity index (χ2n) is 1.83. The van der Waals surface area contributed by atoms with Crippen molar-refractivity contribution in [3.63, 3.8) is 0 Å². The van der Waals surface area contributed by atoms with Crippen molar-refractivity contribution in [1.29, 1.82) is 5.41 Å². The molecule has 64 valence electrons. The molecule has 1 heterocycles. The van der Waals surface area contributed by atoms with Crippen LogP contribution < -0.4 is 0 Å². The highest BCUT2D eigenvalue weighted by Crippen LogP contribution is 1.78. The average molecular weight is 155 g/mol. The maximum atomic E-state index is 6.50. The summed E-state index contributed by atoms with van der Waals surface area (Å²) in [6.45, 7) is 7.50. The molecule has 0 saturated carbocycles. The highest BCUT2D eigenvalue weighted by atomic mass is 15.2. The fourth-order valence-corrected chi connectivity index (χ4v) is 0.236. The summed E-state index contributed by atoms with van der Waals surface area (Å²) >= 11 is 0. The number of nitrogens with one attached hydrogen (secondary N) is 1. The van der Waals surface area contributed by atoms with Gasteiger partial charge in [0.15, 0.2) is 0 Å². The minimum absolute atomic E-state index is 0.667. The first-order chi connectivity index (χ1) is 5.23. The Kier molecular flexibility index (Phi) is 13.5. The van der Waals surface area contributed by atoms with Crippen molar-refractivity contribution in [3.8, 4) is 0 Å². The zero-order valence-corrected chi connectivity index (χ0v) is 7.76. The standard InChI is InChI=1S/C3H4N2.C3H7N.C2H6/c1-2-4-5-3-1;1-3(2)4;1-2/h2-3H,1H2;4H,1-2H3;1-2H3. The molecule has 0 spiro atoms. The van der Waals surface area contributed by atoms with Gasteiger partial charge in [0.2, 0.25) is 0 Å². The van der Waals surface area contributed by atoms with Crippen molar-refractivity contribution < 1.29 is 0 Å². The Morgan fingerprint density at radius 1 is 1.18 bits per heavy atom. The fourth-order valence-electron chi connectivity index (χ4n) is 0.236. The minimum Gasteiger partial charge on any atom is -0.310 e. The Labute approximate surface area is 68.7 Å². The molecule has 3 heteroatoms. The lowest BCUT2D eigenvalue weighted by Gasteiger charge is -1.63. The first-order valence-electron chi connectivity index (χ1n) is 3.78. The molecule has 11 heavy (non-hydrogen) atoms. The summed E-state index contributed by atoms with van der Waals surface area (Å²) in [5.41, 5.74) is 0.667. The summed E-state index contributed by atoms with van der Waals surface area (Å²) < 4.78 is 0. The van der Waals surface area contributed by atoms with Crippen LogP contribution in [0.1, 0.15) is 34.1 Å². The molecule has 0 amide bonds. The minimum atomic E-state index is 0.667. The summed E-state index contributed by atoms with van der Waals surface area (Å²) in [5.74, 6) is 0. The van der Waals surface area contributed by atoms with Crippen LogP contribution in [-0.2, 0) is 0 Å². The lowest BCUT2D eigenvalue weighted by atomic mass is 10.5. The van der Waals surface area contributed by atoms with Crippen LogP contribution in [0.4, 0.5) is 0 Å². The molecule has 0 saturated heterocycles. The molecule has 0 bridgehead atoms. The first-order valence-corrected chi connectivity index (χ1v) is 3.78. The van der Waals surface area contributed by atoms with Gasteiger partial charge < -0.3 is 5.41 Å². The van der Waals surface area contributed by atoms with E-state index in [1.54, 1.807) is 26.3 Å². The molecule has 0 aromatic heterocycles. The molecule has 1 aliphatic rings. The van der Waals surface area contributed by atoms with E-state index in [0.717, 1.165) is 6.42 Å². The lowest BCUT2D eigenvalue weighted by molar-refractivity contribution is 1.29. The van der Waals surface area contributed by atoms with Gasteiger partial charge in [-0.25, -0.2) is 0 Å².